The lowest BCUT2D eigenvalue weighted by molar-refractivity contribution is -0.138. The molecule has 1 aliphatic rings. The normalized spacial score (nSPS) is 15.8. The fourth-order valence-electron chi connectivity index (χ4n) is 1.97. The zero-order chi connectivity index (χ0) is 13.0. The lowest BCUT2D eigenvalue weighted by Crippen LogP contribution is -2.32. The van der Waals surface area contributed by atoms with Crippen molar-refractivity contribution in [2.45, 2.75) is 30.2 Å². The van der Waals surface area contributed by atoms with Crippen LogP contribution in [0.4, 0.5) is 5.69 Å². The van der Waals surface area contributed by atoms with Crippen LogP contribution in [0.3, 0.4) is 0 Å². The smallest absolute Gasteiger partial charge is 0.320 e. The molecule has 4 N–H and O–H groups in total. The van der Waals surface area contributed by atoms with Gasteiger partial charge in [-0.1, -0.05) is 0 Å². The van der Waals surface area contributed by atoms with Gasteiger partial charge in [0.05, 0.1) is 0 Å². The second kappa shape index (κ2) is 6.11. The highest BCUT2D eigenvalue weighted by Crippen LogP contribution is 2.31. The molecule has 1 unspecified atom stereocenters. The van der Waals surface area contributed by atoms with Crippen LogP contribution in [0.25, 0.3) is 0 Å². The van der Waals surface area contributed by atoms with Crippen LogP contribution in [0.2, 0.25) is 0 Å². The Kier molecular flexibility index (Phi) is 4.49. The number of carbonyl (C=O) groups is 1. The third-order valence-corrected chi connectivity index (χ3v) is 4.21. The zero-order valence-corrected chi connectivity index (χ0v) is 11.0. The van der Waals surface area contributed by atoms with E-state index < -0.39 is 12.0 Å². The molecule has 1 aromatic carbocycles. The number of carboxylic acid groups (broad SMARTS) is 1. The summed E-state index contributed by atoms with van der Waals surface area (Å²) in [4.78, 5) is 11.9. The van der Waals surface area contributed by atoms with Crippen molar-refractivity contribution in [3.63, 3.8) is 0 Å². The van der Waals surface area contributed by atoms with E-state index in [-0.39, 0.29) is 0 Å². The van der Waals surface area contributed by atoms with Gasteiger partial charge in [-0.05, 0) is 48.8 Å². The Morgan fingerprint density at radius 2 is 2.39 bits per heavy atom. The van der Waals surface area contributed by atoms with Gasteiger partial charge >= 0.3 is 5.97 Å². The zero-order valence-electron chi connectivity index (χ0n) is 10.2. The van der Waals surface area contributed by atoms with Crippen LogP contribution in [0.5, 0.6) is 0 Å². The van der Waals surface area contributed by atoms with Crippen LogP contribution in [-0.2, 0) is 11.2 Å². The van der Waals surface area contributed by atoms with Crippen LogP contribution in [0.15, 0.2) is 23.1 Å². The number of rotatable bonds is 5. The van der Waals surface area contributed by atoms with Gasteiger partial charge < -0.3 is 16.2 Å². The van der Waals surface area contributed by atoms with E-state index in [1.54, 1.807) is 0 Å². The van der Waals surface area contributed by atoms with E-state index in [9.17, 15) is 4.79 Å². The van der Waals surface area contributed by atoms with Gasteiger partial charge in [-0.15, -0.1) is 11.8 Å². The van der Waals surface area contributed by atoms with E-state index in [4.69, 9.17) is 10.8 Å². The first-order valence-electron chi connectivity index (χ1n) is 6.15. The summed E-state index contributed by atoms with van der Waals surface area (Å²) in [5, 5.41) is 11.9. The summed E-state index contributed by atoms with van der Waals surface area (Å²) in [5.74, 6) is 0.256. The molecule has 98 valence electrons. The number of aryl methyl sites for hydroxylation is 1. The maximum Gasteiger partial charge on any atom is 0.320 e. The first kappa shape index (κ1) is 13.2. The van der Waals surface area contributed by atoms with E-state index in [0.717, 1.165) is 12.1 Å². The second-order valence-electron chi connectivity index (χ2n) is 4.43. The molecule has 0 saturated carbocycles. The molecular weight excluding hydrogens is 248 g/mol. The Balaban J connectivity index is 1.88. The van der Waals surface area contributed by atoms with Crippen molar-refractivity contribution < 1.29 is 9.90 Å². The molecule has 0 aromatic heterocycles. The summed E-state index contributed by atoms with van der Waals surface area (Å²) >= 11 is 1.90. The molecule has 2 rings (SSSR count). The quantitative estimate of drug-likeness (QED) is 0.759. The number of hydrogen-bond acceptors (Lipinski definition) is 4. The van der Waals surface area contributed by atoms with Gasteiger partial charge in [0, 0.05) is 17.1 Å². The number of anilines is 1. The molecule has 0 spiro atoms. The molecule has 0 aliphatic carbocycles. The largest absolute Gasteiger partial charge is 0.480 e. The van der Waals surface area contributed by atoms with Crippen molar-refractivity contribution in [3.8, 4) is 0 Å². The van der Waals surface area contributed by atoms with Gasteiger partial charge in [0.1, 0.15) is 6.04 Å². The minimum atomic E-state index is -0.946. The van der Waals surface area contributed by atoms with Crippen molar-refractivity contribution >= 4 is 23.4 Å². The average Bonchev–Trinajstić information content (AvgIpc) is 2.38. The van der Waals surface area contributed by atoms with E-state index in [1.165, 1.54) is 22.6 Å². The van der Waals surface area contributed by atoms with Crippen LogP contribution in [0, 0.1) is 0 Å². The predicted molar refractivity (Wildman–Crippen MR) is 74.2 cm³/mol. The Morgan fingerprint density at radius 1 is 1.56 bits per heavy atom. The fourth-order valence-corrected chi connectivity index (χ4v) is 2.99. The molecule has 1 atom stereocenters. The molecule has 0 saturated heterocycles. The van der Waals surface area contributed by atoms with Crippen molar-refractivity contribution in [2.24, 2.45) is 5.73 Å². The number of benzene rings is 1. The average molecular weight is 266 g/mol. The predicted octanol–water partition coefficient (Wildman–Crippen LogP) is 1.94. The number of carboxylic acids is 1. The number of fused-ring (bicyclic) bond motifs is 1. The first-order chi connectivity index (χ1) is 8.66. The Bertz CT molecular complexity index is 437. The lowest BCUT2D eigenvalue weighted by Gasteiger charge is -2.17. The van der Waals surface area contributed by atoms with Gasteiger partial charge in [-0.2, -0.15) is 0 Å². The first-order valence-corrected chi connectivity index (χ1v) is 7.13. The molecule has 0 amide bonds. The summed E-state index contributed by atoms with van der Waals surface area (Å²) < 4.78 is 0. The molecule has 4 nitrogen and oxygen atoms in total. The number of thioether (sulfide) groups is 1. The summed E-state index contributed by atoms with van der Waals surface area (Å²) in [7, 11) is 0. The van der Waals surface area contributed by atoms with Gasteiger partial charge in [0.2, 0.25) is 0 Å². The van der Waals surface area contributed by atoms with Crippen LogP contribution >= 0.6 is 11.8 Å². The third-order valence-electron chi connectivity index (χ3n) is 3.01. The second-order valence-corrected chi connectivity index (χ2v) is 5.57. The molecule has 0 radical (unpaired) electrons. The third kappa shape index (κ3) is 3.40. The molecule has 0 bridgehead atoms. The lowest BCUT2D eigenvalue weighted by atomic mass is 10.1. The number of nitrogens with one attached hydrogen (secondary N) is 1. The summed E-state index contributed by atoms with van der Waals surface area (Å²) in [5.41, 5.74) is 7.89. The fraction of sp³-hybridized carbons (Fsp3) is 0.462. The molecule has 5 heteroatoms. The maximum atomic E-state index is 10.6. The summed E-state index contributed by atoms with van der Waals surface area (Å²) in [6, 6.07) is 5.56. The van der Waals surface area contributed by atoms with E-state index in [2.05, 4.69) is 17.4 Å². The van der Waals surface area contributed by atoms with Crippen molar-refractivity contribution in [2.75, 3.05) is 17.6 Å². The van der Waals surface area contributed by atoms with Gasteiger partial charge in [0.25, 0.3) is 0 Å². The molecule has 1 aromatic rings. The maximum absolute atomic E-state index is 10.6. The van der Waals surface area contributed by atoms with Crippen LogP contribution < -0.4 is 11.1 Å². The van der Waals surface area contributed by atoms with E-state index in [1.807, 2.05) is 17.8 Å². The Labute approximate surface area is 111 Å². The highest BCUT2D eigenvalue weighted by molar-refractivity contribution is 7.99. The Morgan fingerprint density at radius 3 is 3.17 bits per heavy atom. The highest BCUT2D eigenvalue weighted by Gasteiger charge is 2.12. The van der Waals surface area contributed by atoms with E-state index in [0.29, 0.717) is 13.0 Å². The van der Waals surface area contributed by atoms with Crippen LogP contribution in [0.1, 0.15) is 18.4 Å². The van der Waals surface area contributed by atoms with Gasteiger partial charge in [0.15, 0.2) is 0 Å². The topological polar surface area (TPSA) is 75.3 Å². The Hall–Kier alpha value is -1.20. The molecule has 0 fully saturated rings. The highest BCUT2D eigenvalue weighted by atomic mass is 32.2. The standard InChI is InChI=1S/C13H18N2O2S/c14-11(13(16)17)5-6-15-10-3-4-12-9(8-10)2-1-7-18-12/h3-4,8,11,15H,1-2,5-7,14H2,(H,16,17). The van der Waals surface area contributed by atoms with Gasteiger partial charge in [-0.25, -0.2) is 0 Å². The minimum absolute atomic E-state index is 0.432. The minimum Gasteiger partial charge on any atom is -0.480 e. The summed E-state index contributed by atoms with van der Waals surface area (Å²) in [6.45, 7) is 0.583. The monoisotopic (exact) mass is 266 g/mol. The van der Waals surface area contributed by atoms with Crippen molar-refractivity contribution in [1.82, 2.24) is 0 Å². The molecule has 1 aliphatic heterocycles. The number of aliphatic carboxylic acids is 1. The number of hydrogen-bond donors (Lipinski definition) is 3. The number of nitrogens with two attached hydrogens (primary N) is 1. The van der Waals surface area contributed by atoms with Crippen molar-refractivity contribution in [3.05, 3.63) is 23.8 Å². The molecule has 18 heavy (non-hydrogen) atoms. The van der Waals surface area contributed by atoms with Crippen molar-refractivity contribution in [1.29, 1.82) is 0 Å². The van der Waals surface area contributed by atoms with Crippen LogP contribution in [-0.4, -0.2) is 29.4 Å². The summed E-state index contributed by atoms with van der Waals surface area (Å²) in [6.07, 6.45) is 2.79. The van der Waals surface area contributed by atoms with E-state index >= 15 is 0 Å². The molecular formula is C13H18N2O2S. The van der Waals surface area contributed by atoms with Gasteiger partial charge in [-0.3, -0.25) is 4.79 Å². The SMILES string of the molecule is NC(CCNc1ccc2c(c1)CCCS2)C(=O)O. The molecule has 1 heterocycles.